The van der Waals surface area contributed by atoms with Gasteiger partial charge in [0.2, 0.25) is 0 Å². The summed E-state index contributed by atoms with van der Waals surface area (Å²) < 4.78 is 5.85. The zero-order valence-electron chi connectivity index (χ0n) is 13.6. The van der Waals surface area contributed by atoms with Crippen LogP contribution in [0.4, 0.5) is 0 Å². The van der Waals surface area contributed by atoms with Crippen molar-refractivity contribution in [2.24, 2.45) is 0 Å². The molecule has 132 valence electrons. The van der Waals surface area contributed by atoms with Gasteiger partial charge >= 0.3 is 0 Å². The number of allylic oxidation sites excluding steroid dienone is 1. The number of thiazole rings is 1. The van der Waals surface area contributed by atoms with Crippen LogP contribution in [0.5, 0.6) is 0 Å². The molecule has 4 rings (SSSR count). The number of benzene rings is 1. The summed E-state index contributed by atoms with van der Waals surface area (Å²) in [6.07, 6.45) is 1.68. The highest BCUT2D eigenvalue weighted by molar-refractivity contribution is 7.14. The lowest BCUT2D eigenvalue weighted by molar-refractivity contribution is 0.572. The lowest BCUT2D eigenvalue weighted by Gasteiger charge is -2.01. The predicted molar refractivity (Wildman–Crippen MR) is 113 cm³/mol. The molecule has 0 spiro atoms. The SMILES string of the molecule is N#C/C(=C\c1ccc(-c2cc(Cl)ccc2Cl)o1)c1nc(-c2cccs2)cs1. The quantitative estimate of drug-likeness (QED) is 0.316. The second-order valence-electron chi connectivity index (χ2n) is 5.51. The van der Waals surface area contributed by atoms with E-state index in [1.54, 1.807) is 47.7 Å². The van der Waals surface area contributed by atoms with Gasteiger partial charge in [-0.25, -0.2) is 4.98 Å². The lowest BCUT2D eigenvalue weighted by Crippen LogP contribution is -1.81. The molecule has 3 aromatic heterocycles. The van der Waals surface area contributed by atoms with Gasteiger partial charge in [0.05, 0.1) is 21.2 Å². The Hall–Kier alpha value is -2.36. The Morgan fingerprint density at radius 2 is 2.04 bits per heavy atom. The van der Waals surface area contributed by atoms with Crippen LogP contribution in [0.25, 0.3) is 33.5 Å². The van der Waals surface area contributed by atoms with Crippen LogP contribution in [0.1, 0.15) is 10.8 Å². The number of furan rings is 1. The Kier molecular flexibility index (Phi) is 5.15. The minimum atomic E-state index is 0.445. The van der Waals surface area contributed by atoms with E-state index in [2.05, 4.69) is 11.1 Å². The molecule has 0 aliphatic carbocycles. The van der Waals surface area contributed by atoms with E-state index in [0.717, 1.165) is 10.6 Å². The summed E-state index contributed by atoms with van der Waals surface area (Å²) in [6.45, 7) is 0. The van der Waals surface area contributed by atoms with E-state index in [-0.39, 0.29) is 0 Å². The topological polar surface area (TPSA) is 49.8 Å². The second kappa shape index (κ2) is 7.71. The van der Waals surface area contributed by atoms with Crippen molar-refractivity contribution in [1.29, 1.82) is 5.26 Å². The fourth-order valence-electron chi connectivity index (χ4n) is 2.48. The minimum Gasteiger partial charge on any atom is -0.457 e. The third-order valence-corrected chi connectivity index (χ3v) is 6.07. The van der Waals surface area contributed by atoms with Crippen molar-refractivity contribution in [3.05, 3.63) is 74.0 Å². The molecule has 27 heavy (non-hydrogen) atoms. The summed E-state index contributed by atoms with van der Waals surface area (Å²) in [6, 6.07) is 15.0. The Labute approximate surface area is 173 Å². The Morgan fingerprint density at radius 3 is 2.81 bits per heavy atom. The summed E-state index contributed by atoms with van der Waals surface area (Å²) >= 11 is 15.3. The molecule has 7 heteroatoms. The average Bonchev–Trinajstić information content (AvgIpc) is 3.42. The zero-order chi connectivity index (χ0) is 18.8. The molecule has 0 radical (unpaired) electrons. The second-order valence-corrected chi connectivity index (χ2v) is 8.16. The lowest BCUT2D eigenvalue weighted by atomic mass is 10.2. The molecule has 0 unspecified atom stereocenters. The number of nitrogens with zero attached hydrogens (tertiary/aromatic N) is 2. The van der Waals surface area contributed by atoms with E-state index in [4.69, 9.17) is 27.6 Å². The molecular weight excluding hydrogens is 419 g/mol. The molecule has 0 fully saturated rings. The summed E-state index contributed by atoms with van der Waals surface area (Å²) in [7, 11) is 0. The van der Waals surface area contributed by atoms with Crippen molar-refractivity contribution in [3.63, 3.8) is 0 Å². The van der Waals surface area contributed by atoms with Gasteiger partial charge in [0.1, 0.15) is 22.6 Å². The maximum atomic E-state index is 9.56. The van der Waals surface area contributed by atoms with Crippen LogP contribution in [-0.2, 0) is 0 Å². The van der Waals surface area contributed by atoms with Gasteiger partial charge in [0, 0.05) is 22.0 Å². The molecule has 4 aromatic rings. The number of hydrogen-bond acceptors (Lipinski definition) is 5. The van der Waals surface area contributed by atoms with Crippen molar-refractivity contribution in [3.8, 4) is 28.0 Å². The number of nitriles is 1. The van der Waals surface area contributed by atoms with Gasteiger partial charge in [-0.3, -0.25) is 0 Å². The monoisotopic (exact) mass is 428 g/mol. The van der Waals surface area contributed by atoms with Crippen molar-refractivity contribution in [1.82, 2.24) is 4.98 Å². The fourth-order valence-corrected chi connectivity index (χ4v) is 4.41. The van der Waals surface area contributed by atoms with Crippen LogP contribution >= 0.6 is 45.9 Å². The first kappa shape index (κ1) is 18.0. The number of hydrogen-bond donors (Lipinski definition) is 0. The van der Waals surface area contributed by atoms with E-state index >= 15 is 0 Å². The van der Waals surface area contributed by atoms with Gasteiger partial charge in [-0.1, -0.05) is 29.3 Å². The first-order chi connectivity index (χ1) is 13.1. The fraction of sp³-hybridized carbons (Fsp3) is 0. The maximum absolute atomic E-state index is 9.56. The number of rotatable bonds is 4. The highest BCUT2D eigenvalue weighted by Crippen LogP contribution is 2.33. The molecule has 0 atom stereocenters. The van der Waals surface area contributed by atoms with Gasteiger partial charge in [-0.15, -0.1) is 22.7 Å². The van der Waals surface area contributed by atoms with E-state index in [1.807, 2.05) is 22.9 Å². The average molecular weight is 429 g/mol. The smallest absolute Gasteiger partial charge is 0.136 e. The number of aromatic nitrogens is 1. The molecule has 0 N–H and O–H groups in total. The van der Waals surface area contributed by atoms with Gasteiger partial charge in [0.25, 0.3) is 0 Å². The number of halogens is 2. The van der Waals surface area contributed by atoms with E-state index in [1.165, 1.54) is 11.3 Å². The Balaban J connectivity index is 1.65. The molecule has 0 bridgehead atoms. The molecule has 0 saturated heterocycles. The first-order valence-corrected chi connectivity index (χ1v) is 10.3. The van der Waals surface area contributed by atoms with Gasteiger partial charge in [-0.2, -0.15) is 5.26 Å². The highest BCUT2D eigenvalue weighted by Gasteiger charge is 2.12. The van der Waals surface area contributed by atoms with Crippen LogP contribution in [-0.4, -0.2) is 4.98 Å². The molecule has 3 nitrogen and oxygen atoms in total. The van der Waals surface area contributed by atoms with Crippen molar-refractivity contribution in [2.75, 3.05) is 0 Å². The maximum Gasteiger partial charge on any atom is 0.136 e. The predicted octanol–water partition coefficient (Wildman–Crippen LogP) is 7.50. The normalized spacial score (nSPS) is 11.5. The van der Waals surface area contributed by atoms with E-state index < -0.39 is 0 Å². The standard InChI is InChI=1S/C20H10Cl2N2OS2/c21-13-3-5-16(22)15(9-13)18-6-4-14(25-18)8-12(10-23)20-24-17(11-27-20)19-2-1-7-26-19/h1-9,11H/b12-8+. The third kappa shape index (κ3) is 3.85. The van der Waals surface area contributed by atoms with E-state index in [0.29, 0.717) is 37.7 Å². The van der Waals surface area contributed by atoms with Crippen molar-refractivity contribution >= 4 is 57.5 Å². The van der Waals surface area contributed by atoms with Crippen molar-refractivity contribution in [2.45, 2.75) is 0 Å². The molecule has 1 aromatic carbocycles. The molecule has 3 heterocycles. The van der Waals surface area contributed by atoms with Crippen LogP contribution in [0.2, 0.25) is 10.0 Å². The molecule has 0 aliphatic rings. The van der Waals surface area contributed by atoms with Crippen LogP contribution in [0.15, 0.2) is 57.6 Å². The minimum absolute atomic E-state index is 0.445. The van der Waals surface area contributed by atoms with E-state index in [9.17, 15) is 5.26 Å². The molecule has 0 saturated carbocycles. The number of thiophene rings is 1. The molecular formula is C20H10Cl2N2OS2. The molecule has 0 amide bonds. The first-order valence-electron chi connectivity index (χ1n) is 7.81. The summed E-state index contributed by atoms with van der Waals surface area (Å²) in [5.74, 6) is 1.13. The zero-order valence-corrected chi connectivity index (χ0v) is 16.8. The van der Waals surface area contributed by atoms with Gasteiger partial charge in [0.15, 0.2) is 0 Å². The van der Waals surface area contributed by atoms with Gasteiger partial charge < -0.3 is 4.42 Å². The third-order valence-electron chi connectivity index (χ3n) is 3.74. The summed E-state index contributed by atoms with van der Waals surface area (Å²) in [5.41, 5.74) is 2.02. The van der Waals surface area contributed by atoms with Gasteiger partial charge in [-0.05, 0) is 41.8 Å². The highest BCUT2D eigenvalue weighted by atomic mass is 35.5. The van der Waals surface area contributed by atoms with Crippen molar-refractivity contribution < 1.29 is 4.42 Å². The Morgan fingerprint density at radius 1 is 1.15 bits per heavy atom. The van der Waals surface area contributed by atoms with Crippen LogP contribution < -0.4 is 0 Å². The van der Waals surface area contributed by atoms with Crippen LogP contribution in [0.3, 0.4) is 0 Å². The van der Waals surface area contributed by atoms with Crippen LogP contribution in [0, 0.1) is 11.3 Å². The summed E-state index contributed by atoms with van der Waals surface area (Å²) in [4.78, 5) is 5.64. The Bertz CT molecular complexity index is 1170. The largest absolute Gasteiger partial charge is 0.457 e. The molecule has 0 aliphatic heterocycles. The summed E-state index contributed by atoms with van der Waals surface area (Å²) in [5, 5.41) is 15.3.